The van der Waals surface area contributed by atoms with Gasteiger partial charge in [-0.3, -0.25) is 0 Å². The summed E-state index contributed by atoms with van der Waals surface area (Å²) < 4.78 is 17.3. The van der Waals surface area contributed by atoms with Crippen LogP contribution in [0.15, 0.2) is 24.3 Å². The average molecular weight is 262 g/mol. The molecule has 2 rings (SSSR count). The largest absolute Gasteiger partial charge is 0.492 e. The number of benzene rings is 2. The molecule has 0 aromatic heterocycles. The molecule has 0 atom stereocenters. The smallest absolute Gasteiger partial charge is 0.411 e. The predicted molar refractivity (Wildman–Crippen MR) is 66.7 cm³/mol. The van der Waals surface area contributed by atoms with Crippen molar-refractivity contribution in [3.63, 3.8) is 0 Å². The van der Waals surface area contributed by atoms with E-state index in [-0.39, 0.29) is 11.3 Å². The summed E-state index contributed by atoms with van der Waals surface area (Å²) in [4.78, 5) is 0. The summed E-state index contributed by atoms with van der Waals surface area (Å²) in [7, 11) is 0. The fourth-order valence-electron chi connectivity index (χ4n) is 1.99. The standard InChI is InChI=1S/C13H11FN2O3/c1-7-4-10(16)5-8-2-3-9(6-15)12(11(7)8)19-13(14,17)18/h2-5,17-18H,16H2,1H3. The Bertz CT molecular complexity index is 687. The number of nitrogens with zero attached hydrogens (tertiary/aromatic N) is 1. The lowest BCUT2D eigenvalue weighted by atomic mass is 10.0. The third kappa shape index (κ3) is 2.57. The summed E-state index contributed by atoms with van der Waals surface area (Å²) in [6.07, 6.45) is -3.85. The molecule has 0 amide bonds. The van der Waals surface area contributed by atoms with Crippen molar-refractivity contribution in [3.05, 3.63) is 35.4 Å². The molecule has 6 heteroatoms. The molecule has 2 aromatic rings. The van der Waals surface area contributed by atoms with Gasteiger partial charge in [0.2, 0.25) is 0 Å². The number of rotatable bonds is 2. The van der Waals surface area contributed by atoms with Crippen LogP contribution < -0.4 is 10.5 Å². The zero-order valence-electron chi connectivity index (χ0n) is 10.0. The molecule has 0 saturated carbocycles. The lowest BCUT2D eigenvalue weighted by molar-refractivity contribution is -0.375. The Morgan fingerprint density at radius 3 is 2.63 bits per heavy atom. The Hall–Kier alpha value is -2.36. The summed E-state index contributed by atoms with van der Waals surface area (Å²) in [6.45, 7) is 1.70. The first-order valence-corrected chi connectivity index (χ1v) is 5.37. The van der Waals surface area contributed by atoms with Gasteiger partial charge in [0.1, 0.15) is 6.07 Å². The van der Waals surface area contributed by atoms with Gasteiger partial charge in [0.25, 0.3) is 0 Å². The number of fused-ring (bicyclic) bond motifs is 1. The van der Waals surface area contributed by atoms with Gasteiger partial charge in [-0.25, -0.2) is 0 Å². The minimum Gasteiger partial charge on any atom is -0.411 e. The highest BCUT2D eigenvalue weighted by atomic mass is 19.2. The second-order valence-electron chi connectivity index (χ2n) is 4.12. The van der Waals surface area contributed by atoms with Crippen LogP contribution in [-0.4, -0.2) is 16.4 Å². The maximum Gasteiger partial charge on any atom is 0.492 e. The number of alkyl halides is 1. The molecule has 0 saturated heterocycles. The molecule has 19 heavy (non-hydrogen) atoms. The second kappa shape index (κ2) is 4.39. The number of nitriles is 1. The number of aryl methyl sites for hydroxylation is 1. The molecular formula is C13H11FN2O3. The van der Waals surface area contributed by atoms with Gasteiger partial charge in [-0.15, -0.1) is 4.39 Å². The molecule has 0 bridgehead atoms. The molecule has 0 aliphatic heterocycles. The summed E-state index contributed by atoms with van der Waals surface area (Å²) in [5.41, 5.74) is 6.82. The molecular weight excluding hydrogens is 251 g/mol. The second-order valence-corrected chi connectivity index (χ2v) is 4.12. The Morgan fingerprint density at radius 1 is 1.37 bits per heavy atom. The summed E-state index contributed by atoms with van der Waals surface area (Å²) in [6, 6.07) is 8.05. The van der Waals surface area contributed by atoms with Gasteiger partial charge >= 0.3 is 6.23 Å². The average Bonchev–Trinajstić information content (AvgIpc) is 2.26. The van der Waals surface area contributed by atoms with Crippen LogP contribution in [0.5, 0.6) is 5.75 Å². The predicted octanol–water partition coefficient (Wildman–Crippen LogP) is 1.55. The Kier molecular flexibility index (Phi) is 3.02. The molecule has 0 radical (unpaired) electrons. The van der Waals surface area contributed by atoms with Crippen molar-refractivity contribution in [2.24, 2.45) is 0 Å². The van der Waals surface area contributed by atoms with Crippen LogP contribution in [0.3, 0.4) is 0 Å². The molecule has 5 nitrogen and oxygen atoms in total. The van der Waals surface area contributed by atoms with E-state index in [1.54, 1.807) is 31.2 Å². The Morgan fingerprint density at radius 2 is 2.05 bits per heavy atom. The van der Waals surface area contributed by atoms with E-state index in [2.05, 4.69) is 4.74 Å². The van der Waals surface area contributed by atoms with Gasteiger partial charge in [-0.2, -0.15) is 5.26 Å². The van der Waals surface area contributed by atoms with Gasteiger partial charge < -0.3 is 20.7 Å². The van der Waals surface area contributed by atoms with Crippen molar-refractivity contribution in [2.45, 2.75) is 13.2 Å². The monoisotopic (exact) mass is 262 g/mol. The first-order valence-electron chi connectivity index (χ1n) is 5.37. The van der Waals surface area contributed by atoms with E-state index < -0.39 is 6.23 Å². The summed E-state index contributed by atoms with van der Waals surface area (Å²) in [5.74, 6) is -0.231. The molecule has 2 aromatic carbocycles. The molecule has 98 valence electrons. The fraction of sp³-hybridized carbons (Fsp3) is 0.154. The lowest BCUT2D eigenvalue weighted by Crippen LogP contribution is -2.29. The van der Waals surface area contributed by atoms with E-state index in [0.29, 0.717) is 22.0 Å². The van der Waals surface area contributed by atoms with Crippen LogP contribution in [0.1, 0.15) is 11.1 Å². The highest BCUT2D eigenvalue weighted by molar-refractivity contribution is 5.95. The number of aliphatic hydroxyl groups is 2. The minimum absolute atomic E-state index is 0.00880. The van der Waals surface area contributed by atoms with Crippen molar-refractivity contribution in [3.8, 4) is 11.8 Å². The van der Waals surface area contributed by atoms with E-state index in [9.17, 15) is 4.39 Å². The van der Waals surface area contributed by atoms with Gasteiger partial charge in [0.05, 0.1) is 5.56 Å². The quantitative estimate of drug-likeness (QED) is 0.563. The molecule has 0 unspecified atom stereocenters. The number of nitrogen functional groups attached to an aromatic ring is 1. The van der Waals surface area contributed by atoms with Crippen LogP contribution in [0, 0.1) is 18.3 Å². The normalized spacial score (nSPS) is 11.3. The SMILES string of the molecule is Cc1cc(N)cc2ccc(C#N)c(OC(O)(O)F)c12. The third-order valence-electron chi connectivity index (χ3n) is 2.64. The van der Waals surface area contributed by atoms with Crippen LogP contribution in [0.2, 0.25) is 0 Å². The van der Waals surface area contributed by atoms with E-state index in [1.165, 1.54) is 6.07 Å². The number of hydrogen-bond donors (Lipinski definition) is 3. The van der Waals surface area contributed by atoms with Crippen molar-refractivity contribution in [1.29, 1.82) is 5.26 Å². The maximum absolute atomic E-state index is 12.9. The number of hydrogen-bond acceptors (Lipinski definition) is 5. The van der Waals surface area contributed by atoms with Crippen LogP contribution in [0.4, 0.5) is 10.1 Å². The number of halogens is 1. The zero-order valence-corrected chi connectivity index (χ0v) is 10.0. The summed E-state index contributed by atoms with van der Waals surface area (Å²) >= 11 is 0. The number of anilines is 1. The Labute approximate surface area is 108 Å². The van der Waals surface area contributed by atoms with Crippen LogP contribution in [0.25, 0.3) is 10.8 Å². The molecule has 0 heterocycles. The third-order valence-corrected chi connectivity index (χ3v) is 2.64. The van der Waals surface area contributed by atoms with E-state index in [0.717, 1.165) is 0 Å². The molecule has 0 aliphatic carbocycles. The van der Waals surface area contributed by atoms with Crippen molar-refractivity contribution < 1.29 is 19.3 Å². The van der Waals surface area contributed by atoms with Gasteiger partial charge in [-0.1, -0.05) is 6.07 Å². The van der Waals surface area contributed by atoms with Gasteiger partial charge in [-0.05, 0) is 36.1 Å². The lowest BCUT2D eigenvalue weighted by Gasteiger charge is -2.17. The molecule has 4 N–H and O–H groups in total. The first-order chi connectivity index (χ1) is 8.81. The van der Waals surface area contributed by atoms with Gasteiger partial charge in [0.15, 0.2) is 5.75 Å². The van der Waals surface area contributed by atoms with Crippen LogP contribution >= 0.6 is 0 Å². The van der Waals surface area contributed by atoms with Crippen LogP contribution in [-0.2, 0) is 0 Å². The molecule has 0 fully saturated rings. The number of nitrogens with two attached hydrogens (primary N) is 1. The topological polar surface area (TPSA) is 99.5 Å². The Balaban J connectivity index is 2.81. The number of ether oxygens (including phenoxy) is 1. The highest BCUT2D eigenvalue weighted by Crippen LogP contribution is 2.35. The van der Waals surface area contributed by atoms with E-state index in [1.807, 2.05) is 0 Å². The highest BCUT2D eigenvalue weighted by Gasteiger charge is 2.27. The van der Waals surface area contributed by atoms with Crippen molar-refractivity contribution in [2.75, 3.05) is 5.73 Å². The minimum atomic E-state index is -3.85. The maximum atomic E-state index is 12.9. The van der Waals surface area contributed by atoms with Gasteiger partial charge in [0, 0.05) is 11.1 Å². The molecule has 0 aliphatic rings. The van der Waals surface area contributed by atoms with E-state index >= 15 is 0 Å². The molecule has 0 spiro atoms. The zero-order chi connectivity index (χ0) is 14.2. The summed E-state index contributed by atoms with van der Waals surface area (Å²) in [5, 5.41) is 27.4. The van der Waals surface area contributed by atoms with E-state index in [4.69, 9.17) is 21.2 Å². The van der Waals surface area contributed by atoms with Crippen molar-refractivity contribution in [1.82, 2.24) is 0 Å². The van der Waals surface area contributed by atoms with Crippen molar-refractivity contribution >= 4 is 16.5 Å². The first kappa shape index (κ1) is 13.1. The fourth-order valence-corrected chi connectivity index (χ4v) is 1.99.